The van der Waals surface area contributed by atoms with E-state index in [4.69, 9.17) is 5.41 Å². The predicted octanol–water partition coefficient (Wildman–Crippen LogP) is 3.18. The minimum absolute atomic E-state index is 0.511. The number of aromatic nitrogens is 4. The van der Waals surface area contributed by atoms with Crippen molar-refractivity contribution in [3.8, 4) is 0 Å². The van der Waals surface area contributed by atoms with Gasteiger partial charge in [0.25, 0.3) is 0 Å². The zero-order valence-corrected chi connectivity index (χ0v) is 14.0. The van der Waals surface area contributed by atoms with Crippen molar-refractivity contribution >= 4 is 11.0 Å². The highest BCUT2D eigenvalue weighted by atomic mass is 15.1. The van der Waals surface area contributed by atoms with E-state index in [-0.39, 0.29) is 0 Å². The highest BCUT2D eigenvalue weighted by molar-refractivity contribution is 5.80. The van der Waals surface area contributed by atoms with E-state index in [1.54, 1.807) is 12.5 Å². The zero-order chi connectivity index (χ0) is 16.4. The van der Waals surface area contributed by atoms with Gasteiger partial charge in [-0.25, -0.2) is 4.98 Å². The smallest absolute Gasteiger partial charge is 0.145 e. The summed E-state index contributed by atoms with van der Waals surface area (Å²) < 4.78 is 4.11. The summed E-state index contributed by atoms with van der Waals surface area (Å²) >= 11 is 0. The summed E-state index contributed by atoms with van der Waals surface area (Å²) in [5, 5.41) is 9.55. The molecule has 0 spiro atoms. The number of fused-ring (bicyclic) bond motifs is 1. The molecule has 0 fully saturated rings. The lowest BCUT2D eigenvalue weighted by atomic mass is 10.2. The van der Waals surface area contributed by atoms with Gasteiger partial charge in [-0.3, -0.25) is 10.4 Å². The summed E-state index contributed by atoms with van der Waals surface area (Å²) in [5.41, 5.74) is 4.74. The number of nitrogens with zero attached hydrogens (tertiary/aromatic N) is 4. The van der Waals surface area contributed by atoms with Crippen LogP contribution in [0.25, 0.3) is 11.0 Å². The zero-order valence-electron chi connectivity index (χ0n) is 14.0. The van der Waals surface area contributed by atoms with E-state index in [0.717, 1.165) is 41.7 Å². The molecule has 0 aliphatic heterocycles. The maximum Gasteiger partial charge on any atom is 0.145 e. The lowest BCUT2D eigenvalue weighted by Gasteiger charge is -2.09. The van der Waals surface area contributed by atoms with E-state index in [2.05, 4.69) is 35.3 Å². The van der Waals surface area contributed by atoms with E-state index in [0.29, 0.717) is 12.0 Å². The topological polar surface area (TPSA) is 59.5 Å². The van der Waals surface area contributed by atoms with Crippen LogP contribution in [0, 0.1) is 19.3 Å². The fourth-order valence-electron chi connectivity index (χ4n) is 2.96. The van der Waals surface area contributed by atoms with Crippen LogP contribution in [0.3, 0.4) is 0 Å². The number of unbranched alkanes of at least 4 members (excludes halogenated alkanes) is 1. The summed E-state index contributed by atoms with van der Waals surface area (Å²) in [4.78, 5) is 8.99. The molecule has 3 aromatic rings. The Labute approximate surface area is 136 Å². The van der Waals surface area contributed by atoms with Crippen molar-refractivity contribution in [2.45, 2.75) is 46.7 Å². The van der Waals surface area contributed by atoms with Gasteiger partial charge in [-0.1, -0.05) is 19.4 Å². The molecule has 0 saturated heterocycles. The largest absolute Gasteiger partial charge is 0.329 e. The van der Waals surface area contributed by atoms with Gasteiger partial charge in [0.15, 0.2) is 0 Å². The first-order valence-electron chi connectivity index (χ1n) is 8.12. The van der Waals surface area contributed by atoms with Gasteiger partial charge >= 0.3 is 0 Å². The van der Waals surface area contributed by atoms with Gasteiger partial charge in [0.1, 0.15) is 11.1 Å². The van der Waals surface area contributed by atoms with Crippen LogP contribution in [-0.4, -0.2) is 19.1 Å². The van der Waals surface area contributed by atoms with E-state index < -0.39 is 0 Å². The third-order valence-electron chi connectivity index (χ3n) is 4.44. The second kappa shape index (κ2) is 6.36. The Bertz CT molecular complexity index is 874. The first-order valence-corrected chi connectivity index (χ1v) is 8.12. The molecule has 3 aromatic heterocycles. The van der Waals surface area contributed by atoms with Crippen molar-refractivity contribution < 1.29 is 0 Å². The van der Waals surface area contributed by atoms with Gasteiger partial charge in [-0.15, -0.1) is 0 Å². The third kappa shape index (κ3) is 2.79. The minimum Gasteiger partial charge on any atom is -0.329 e. The molecule has 0 amide bonds. The SMILES string of the molecule is CCCCn1c(C)c(C)c2c(=N)n(Cc3ccccn3)cnc21. The van der Waals surface area contributed by atoms with Gasteiger partial charge in [-0.2, -0.15) is 0 Å². The summed E-state index contributed by atoms with van der Waals surface area (Å²) in [6.45, 7) is 7.93. The van der Waals surface area contributed by atoms with Crippen LogP contribution in [0.4, 0.5) is 0 Å². The Morgan fingerprint density at radius 3 is 2.70 bits per heavy atom. The molecule has 0 aliphatic rings. The van der Waals surface area contributed by atoms with Crippen molar-refractivity contribution in [1.29, 1.82) is 5.41 Å². The Hall–Kier alpha value is -2.43. The number of rotatable bonds is 5. The van der Waals surface area contributed by atoms with Gasteiger partial charge in [0.2, 0.25) is 0 Å². The van der Waals surface area contributed by atoms with Crippen molar-refractivity contribution in [2.24, 2.45) is 0 Å². The molecule has 23 heavy (non-hydrogen) atoms. The predicted molar refractivity (Wildman–Crippen MR) is 91.3 cm³/mol. The van der Waals surface area contributed by atoms with Crippen molar-refractivity contribution in [3.05, 3.63) is 53.2 Å². The second-order valence-electron chi connectivity index (χ2n) is 5.96. The Balaban J connectivity index is 2.09. The normalized spacial score (nSPS) is 11.3. The minimum atomic E-state index is 0.511. The Kier molecular flexibility index (Phi) is 4.28. The van der Waals surface area contributed by atoms with Gasteiger partial charge in [-0.05, 0) is 38.0 Å². The summed E-state index contributed by atoms with van der Waals surface area (Å²) in [6.07, 6.45) is 5.82. The fraction of sp³-hybridized carbons (Fsp3) is 0.389. The maximum absolute atomic E-state index is 8.60. The summed E-state index contributed by atoms with van der Waals surface area (Å²) in [6, 6.07) is 5.84. The average Bonchev–Trinajstić information content (AvgIpc) is 2.81. The number of nitrogens with one attached hydrogen (secondary N) is 1. The monoisotopic (exact) mass is 309 g/mol. The molecule has 0 aromatic carbocycles. The van der Waals surface area contributed by atoms with Crippen LogP contribution in [0.15, 0.2) is 30.7 Å². The van der Waals surface area contributed by atoms with E-state index >= 15 is 0 Å². The molecule has 5 nitrogen and oxygen atoms in total. The quantitative estimate of drug-likeness (QED) is 0.787. The molecule has 0 saturated carbocycles. The standard InChI is InChI=1S/C18H23N5/c1-4-5-10-23-14(3)13(2)16-17(19)22(12-21-18(16)23)11-15-8-6-7-9-20-15/h6-9,12,19H,4-5,10-11H2,1-3H3. The van der Waals surface area contributed by atoms with E-state index in [9.17, 15) is 0 Å². The lowest BCUT2D eigenvalue weighted by molar-refractivity contribution is 0.629. The van der Waals surface area contributed by atoms with Crippen LogP contribution in [0.1, 0.15) is 36.7 Å². The van der Waals surface area contributed by atoms with E-state index in [1.807, 2.05) is 22.8 Å². The second-order valence-corrected chi connectivity index (χ2v) is 5.96. The fourth-order valence-corrected chi connectivity index (χ4v) is 2.96. The molecule has 120 valence electrons. The molecule has 3 heterocycles. The first kappa shape index (κ1) is 15.5. The van der Waals surface area contributed by atoms with Crippen LogP contribution in [-0.2, 0) is 13.1 Å². The van der Waals surface area contributed by atoms with Crippen LogP contribution >= 0.6 is 0 Å². The molecule has 0 bridgehead atoms. The van der Waals surface area contributed by atoms with Crippen LogP contribution in [0.2, 0.25) is 0 Å². The number of hydrogen-bond acceptors (Lipinski definition) is 3. The van der Waals surface area contributed by atoms with E-state index in [1.165, 1.54) is 5.69 Å². The number of pyridine rings is 1. The van der Waals surface area contributed by atoms with Gasteiger partial charge in [0.05, 0.1) is 24.0 Å². The molecule has 5 heteroatoms. The Morgan fingerprint density at radius 1 is 1.17 bits per heavy atom. The average molecular weight is 309 g/mol. The molecule has 0 atom stereocenters. The lowest BCUT2D eigenvalue weighted by Crippen LogP contribution is -2.22. The maximum atomic E-state index is 8.60. The molecule has 3 rings (SSSR count). The van der Waals surface area contributed by atoms with Crippen LogP contribution in [0.5, 0.6) is 0 Å². The van der Waals surface area contributed by atoms with Crippen molar-refractivity contribution in [1.82, 2.24) is 19.1 Å². The highest BCUT2D eigenvalue weighted by Gasteiger charge is 2.14. The molecule has 0 aliphatic carbocycles. The molecule has 0 radical (unpaired) electrons. The van der Waals surface area contributed by atoms with Crippen LogP contribution < -0.4 is 5.49 Å². The molecule has 1 N–H and O–H groups in total. The van der Waals surface area contributed by atoms with Crippen molar-refractivity contribution in [2.75, 3.05) is 0 Å². The van der Waals surface area contributed by atoms with Crippen molar-refractivity contribution in [3.63, 3.8) is 0 Å². The summed E-state index contributed by atoms with van der Waals surface area (Å²) in [7, 11) is 0. The van der Waals surface area contributed by atoms with Gasteiger partial charge in [0, 0.05) is 18.4 Å². The Morgan fingerprint density at radius 2 is 2.00 bits per heavy atom. The molecular weight excluding hydrogens is 286 g/mol. The molecule has 0 unspecified atom stereocenters. The number of aryl methyl sites for hydroxylation is 2. The summed E-state index contributed by atoms with van der Waals surface area (Å²) in [5.74, 6) is 0. The van der Waals surface area contributed by atoms with Gasteiger partial charge < -0.3 is 9.13 Å². The molecular formula is C18H23N5. The highest BCUT2D eigenvalue weighted by Crippen LogP contribution is 2.21. The number of hydrogen-bond donors (Lipinski definition) is 1. The third-order valence-corrected chi connectivity index (χ3v) is 4.44. The first-order chi connectivity index (χ1) is 11.1.